The molecule has 0 saturated carbocycles. The molecular weight excluding hydrogens is 252 g/mol. The lowest BCUT2D eigenvalue weighted by Crippen LogP contribution is -2.23. The fourth-order valence-corrected chi connectivity index (χ4v) is 2.44. The molecule has 2 N–H and O–H groups in total. The van der Waals surface area contributed by atoms with E-state index in [2.05, 4.69) is 27.5 Å². The Balaban J connectivity index is 1.97. The molecule has 2 heterocycles. The van der Waals surface area contributed by atoms with Crippen LogP contribution in [0.3, 0.4) is 0 Å². The molecule has 1 saturated heterocycles. The van der Waals surface area contributed by atoms with Gasteiger partial charge in [-0.1, -0.05) is 11.6 Å². The van der Waals surface area contributed by atoms with Gasteiger partial charge in [-0.3, -0.25) is 0 Å². The number of ether oxygens (including phenoxy) is 1. The maximum Gasteiger partial charge on any atom is 0.157 e. The van der Waals surface area contributed by atoms with Crippen LogP contribution >= 0.6 is 11.6 Å². The zero-order chi connectivity index (χ0) is 13.0. The van der Waals surface area contributed by atoms with E-state index < -0.39 is 0 Å². The molecule has 18 heavy (non-hydrogen) atoms. The Morgan fingerprint density at radius 2 is 2.39 bits per heavy atom. The smallest absolute Gasteiger partial charge is 0.157 e. The summed E-state index contributed by atoms with van der Waals surface area (Å²) in [6, 6.07) is 0.283. The number of halogens is 1. The van der Waals surface area contributed by atoms with Crippen LogP contribution in [0, 0.1) is 0 Å². The third kappa shape index (κ3) is 3.23. The van der Waals surface area contributed by atoms with Crippen molar-refractivity contribution in [1.29, 1.82) is 0 Å². The second-order valence-electron chi connectivity index (χ2n) is 4.55. The quantitative estimate of drug-likeness (QED) is 0.806. The normalized spacial score (nSPS) is 20.7. The van der Waals surface area contributed by atoms with Crippen LogP contribution in [0.4, 0.5) is 11.5 Å². The number of aromatic nitrogens is 2. The van der Waals surface area contributed by atoms with E-state index in [1.807, 2.05) is 0 Å². The lowest BCUT2D eigenvalue weighted by Gasteiger charge is -2.19. The number of nitrogens with zero attached hydrogens (tertiary/aromatic N) is 2. The third-order valence-corrected chi connectivity index (χ3v) is 3.36. The van der Waals surface area contributed by atoms with Gasteiger partial charge in [-0.2, -0.15) is 0 Å². The monoisotopic (exact) mass is 270 g/mol. The summed E-state index contributed by atoms with van der Waals surface area (Å²) in [4.78, 5) is 8.16. The van der Waals surface area contributed by atoms with Gasteiger partial charge >= 0.3 is 0 Å². The van der Waals surface area contributed by atoms with Gasteiger partial charge in [0.2, 0.25) is 0 Å². The molecule has 2 atom stereocenters. The van der Waals surface area contributed by atoms with Crippen molar-refractivity contribution in [3.63, 3.8) is 0 Å². The molecule has 1 aliphatic rings. The summed E-state index contributed by atoms with van der Waals surface area (Å²) in [5.41, 5.74) is 0.735. The summed E-state index contributed by atoms with van der Waals surface area (Å²) in [6.07, 6.45) is 5.12. The van der Waals surface area contributed by atoms with Crippen molar-refractivity contribution < 1.29 is 4.74 Å². The molecule has 0 spiro atoms. The first-order chi connectivity index (χ1) is 8.70. The Morgan fingerprint density at radius 1 is 1.56 bits per heavy atom. The number of hydrogen-bond acceptors (Lipinski definition) is 5. The van der Waals surface area contributed by atoms with Crippen molar-refractivity contribution in [1.82, 2.24) is 9.97 Å². The highest BCUT2D eigenvalue weighted by Crippen LogP contribution is 2.27. The van der Waals surface area contributed by atoms with Gasteiger partial charge in [-0.05, 0) is 26.2 Å². The molecule has 0 aromatic carbocycles. The van der Waals surface area contributed by atoms with Crippen LogP contribution in [0.15, 0.2) is 6.33 Å². The number of nitrogens with one attached hydrogen (secondary N) is 2. The van der Waals surface area contributed by atoms with E-state index in [9.17, 15) is 0 Å². The molecule has 0 radical (unpaired) electrons. The van der Waals surface area contributed by atoms with Gasteiger partial charge in [0.1, 0.15) is 12.0 Å². The number of hydrogen-bond donors (Lipinski definition) is 2. The lowest BCUT2D eigenvalue weighted by molar-refractivity contribution is 0.101. The van der Waals surface area contributed by atoms with E-state index >= 15 is 0 Å². The molecule has 2 unspecified atom stereocenters. The van der Waals surface area contributed by atoms with E-state index in [1.165, 1.54) is 12.7 Å². The maximum atomic E-state index is 6.00. The van der Waals surface area contributed by atoms with Crippen LogP contribution in [0.1, 0.15) is 26.2 Å². The standard InChI is InChI=1S/C12H19ClN4O/c1-8(6-9-4-3-5-18-9)17-12-10(14-2)11(13)15-7-16-12/h7-9,14H,3-6H2,1-2H3,(H,15,16,17). The van der Waals surface area contributed by atoms with Crippen LogP contribution in [0.25, 0.3) is 0 Å². The van der Waals surface area contributed by atoms with Crippen LogP contribution in [0.5, 0.6) is 0 Å². The first kappa shape index (κ1) is 13.4. The lowest BCUT2D eigenvalue weighted by atomic mass is 10.1. The molecule has 5 nitrogen and oxygen atoms in total. The highest BCUT2D eigenvalue weighted by atomic mass is 35.5. The van der Waals surface area contributed by atoms with Gasteiger partial charge in [0.15, 0.2) is 11.0 Å². The van der Waals surface area contributed by atoms with Crippen LogP contribution in [-0.2, 0) is 4.74 Å². The average Bonchev–Trinajstić information content (AvgIpc) is 2.82. The number of anilines is 2. The van der Waals surface area contributed by atoms with Gasteiger partial charge in [0.05, 0.1) is 6.10 Å². The molecule has 0 amide bonds. The molecule has 1 aliphatic heterocycles. The predicted molar refractivity (Wildman–Crippen MR) is 73.3 cm³/mol. The van der Waals surface area contributed by atoms with Gasteiger partial charge in [-0.25, -0.2) is 9.97 Å². The summed E-state index contributed by atoms with van der Waals surface area (Å²) < 4.78 is 5.63. The van der Waals surface area contributed by atoms with Crippen LogP contribution in [-0.4, -0.2) is 35.8 Å². The number of rotatable bonds is 5. The fraction of sp³-hybridized carbons (Fsp3) is 0.667. The molecule has 0 bridgehead atoms. The summed E-state index contributed by atoms with van der Waals surface area (Å²) in [7, 11) is 1.81. The fourth-order valence-electron chi connectivity index (χ4n) is 2.21. The van der Waals surface area contributed by atoms with Gasteiger partial charge < -0.3 is 15.4 Å². The van der Waals surface area contributed by atoms with Crippen molar-refractivity contribution in [3.05, 3.63) is 11.5 Å². The molecule has 0 aliphatic carbocycles. The molecule has 2 rings (SSSR count). The SMILES string of the molecule is CNc1c(Cl)ncnc1NC(C)CC1CCCO1. The minimum absolute atomic E-state index is 0.283. The van der Waals surface area contributed by atoms with E-state index in [0.29, 0.717) is 11.3 Å². The summed E-state index contributed by atoms with van der Waals surface area (Å²) in [6.45, 7) is 3.01. The topological polar surface area (TPSA) is 59.1 Å². The highest BCUT2D eigenvalue weighted by molar-refractivity contribution is 6.32. The molecule has 1 aromatic rings. The summed E-state index contributed by atoms with van der Waals surface area (Å²) in [5, 5.41) is 6.79. The highest BCUT2D eigenvalue weighted by Gasteiger charge is 2.19. The third-order valence-electron chi connectivity index (χ3n) is 3.07. The molecule has 6 heteroatoms. The largest absolute Gasteiger partial charge is 0.383 e. The first-order valence-electron chi connectivity index (χ1n) is 6.27. The minimum atomic E-state index is 0.283. The van der Waals surface area contributed by atoms with Gasteiger partial charge in [0.25, 0.3) is 0 Å². The second kappa shape index (κ2) is 6.20. The van der Waals surface area contributed by atoms with Crippen molar-refractivity contribution in [2.24, 2.45) is 0 Å². The Kier molecular flexibility index (Phi) is 4.60. The van der Waals surface area contributed by atoms with E-state index in [0.717, 1.165) is 31.0 Å². The molecule has 100 valence electrons. The summed E-state index contributed by atoms with van der Waals surface area (Å²) in [5.74, 6) is 0.739. The second-order valence-corrected chi connectivity index (χ2v) is 4.91. The minimum Gasteiger partial charge on any atom is -0.383 e. The van der Waals surface area contributed by atoms with Crippen molar-refractivity contribution in [2.75, 3.05) is 24.3 Å². The molecular formula is C12H19ClN4O. The maximum absolute atomic E-state index is 6.00. The Bertz CT molecular complexity index is 396. The zero-order valence-corrected chi connectivity index (χ0v) is 11.5. The van der Waals surface area contributed by atoms with Crippen molar-refractivity contribution in [3.8, 4) is 0 Å². The molecule has 1 aromatic heterocycles. The van der Waals surface area contributed by atoms with Gasteiger partial charge in [0, 0.05) is 19.7 Å². The van der Waals surface area contributed by atoms with Crippen molar-refractivity contribution in [2.45, 2.75) is 38.3 Å². The van der Waals surface area contributed by atoms with Crippen LogP contribution < -0.4 is 10.6 Å². The van der Waals surface area contributed by atoms with Gasteiger partial charge in [-0.15, -0.1) is 0 Å². The average molecular weight is 271 g/mol. The first-order valence-corrected chi connectivity index (χ1v) is 6.65. The zero-order valence-electron chi connectivity index (χ0n) is 10.7. The Morgan fingerprint density at radius 3 is 3.06 bits per heavy atom. The van der Waals surface area contributed by atoms with E-state index in [1.54, 1.807) is 7.05 Å². The van der Waals surface area contributed by atoms with Crippen LogP contribution in [0.2, 0.25) is 5.15 Å². The Hall–Kier alpha value is -1.07. The Labute approximate surface area is 112 Å². The summed E-state index contributed by atoms with van der Waals surface area (Å²) >= 11 is 6.00. The van der Waals surface area contributed by atoms with Crippen molar-refractivity contribution >= 4 is 23.1 Å². The predicted octanol–water partition coefficient (Wildman–Crippen LogP) is 2.54. The van der Waals surface area contributed by atoms with E-state index in [4.69, 9.17) is 16.3 Å². The van der Waals surface area contributed by atoms with E-state index in [-0.39, 0.29) is 6.04 Å². The molecule has 1 fully saturated rings.